The highest BCUT2D eigenvalue weighted by Gasteiger charge is 2.30. The SMILES string of the molecule is CC.CC.CCOP(C)(=O)N1CCN(C(=O)CCC(=O)O)CC1. The number of nitrogens with zero attached hydrogens (tertiary/aromatic N) is 2. The van der Waals surface area contributed by atoms with E-state index in [0.29, 0.717) is 32.8 Å². The van der Waals surface area contributed by atoms with Gasteiger partial charge in [-0.1, -0.05) is 27.7 Å². The fraction of sp³-hybridized carbons (Fsp3) is 0.867. The number of amides is 1. The zero-order valence-corrected chi connectivity index (χ0v) is 16.3. The number of hydrogen-bond acceptors (Lipinski definition) is 4. The van der Waals surface area contributed by atoms with Gasteiger partial charge >= 0.3 is 5.97 Å². The molecule has 23 heavy (non-hydrogen) atoms. The standard InChI is InChI=1S/C11H21N2O5P.2C2H6/c1-3-18-19(2,17)13-8-6-12(7-9-13)10(14)4-5-11(15)16;2*1-2/h3-9H2,1-2H3,(H,15,16);2*1-2H3. The molecule has 1 saturated heterocycles. The first-order chi connectivity index (χ1) is 10.9. The van der Waals surface area contributed by atoms with Crippen molar-refractivity contribution in [2.45, 2.75) is 47.5 Å². The molecule has 1 rings (SSSR count). The molecule has 0 aromatic rings. The van der Waals surface area contributed by atoms with E-state index in [4.69, 9.17) is 9.63 Å². The molecule has 1 amide bonds. The summed E-state index contributed by atoms with van der Waals surface area (Å²) in [5.74, 6) is -1.13. The zero-order valence-electron chi connectivity index (χ0n) is 15.4. The van der Waals surface area contributed by atoms with Crippen molar-refractivity contribution >= 4 is 19.4 Å². The third-order valence-corrected chi connectivity index (χ3v) is 5.21. The third kappa shape index (κ3) is 9.74. The first-order valence-electron chi connectivity index (χ1n) is 8.34. The maximum Gasteiger partial charge on any atom is 0.303 e. The highest BCUT2D eigenvalue weighted by Crippen LogP contribution is 2.46. The van der Waals surface area contributed by atoms with Gasteiger partial charge in [-0.25, -0.2) is 4.67 Å². The smallest absolute Gasteiger partial charge is 0.303 e. The van der Waals surface area contributed by atoms with Crippen LogP contribution >= 0.6 is 7.52 Å². The molecule has 1 N–H and O–H groups in total. The fourth-order valence-electron chi connectivity index (χ4n) is 2.00. The van der Waals surface area contributed by atoms with Crippen LogP contribution in [0.1, 0.15) is 47.5 Å². The Morgan fingerprint density at radius 2 is 1.52 bits per heavy atom. The van der Waals surface area contributed by atoms with Crippen molar-refractivity contribution in [3.8, 4) is 0 Å². The van der Waals surface area contributed by atoms with Gasteiger partial charge in [0.05, 0.1) is 13.0 Å². The summed E-state index contributed by atoms with van der Waals surface area (Å²) in [6, 6.07) is 0. The second-order valence-electron chi connectivity index (χ2n) is 4.45. The highest BCUT2D eigenvalue weighted by atomic mass is 31.2. The van der Waals surface area contributed by atoms with Crippen LogP contribution in [-0.4, -0.2) is 66.0 Å². The Kier molecular flexibility index (Phi) is 14.3. The lowest BCUT2D eigenvalue weighted by Gasteiger charge is -2.37. The number of carboxylic acid groups (broad SMARTS) is 1. The van der Waals surface area contributed by atoms with Crippen molar-refractivity contribution in [3.05, 3.63) is 0 Å². The van der Waals surface area contributed by atoms with Crippen molar-refractivity contribution in [2.75, 3.05) is 39.5 Å². The summed E-state index contributed by atoms with van der Waals surface area (Å²) < 4.78 is 19.2. The molecule has 1 aliphatic rings. The molecule has 0 aromatic carbocycles. The molecule has 1 unspecified atom stereocenters. The first kappa shape index (κ1) is 24.3. The summed E-state index contributed by atoms with van der Waals surface area (Å²) >= 11 is 0. The van der Waals surface area contributed by atoms with Crippen LogP contribution < -0.4 is 0 Å². The molecule has 0 radical (unpaired) electrons. The van der Waals surface area contributed by atoms with Crippen molar-refractivity contribution < 1.29 is 23.8 Å². The Morgan fingerprint density at radius 3 is 1.91 bits per heavy atom. The number of rotatable bonds is 6. The Bertz CT molecular complexity index is 382. The van der Waals surface area contributed by atoms with Gasteiger partial charge in [0.15, 0.2) is 0 Å². The van der Waals surface area contributed by atoms with Crippen LogP contribution in [0.2, 0.25) is 0 Å². The molecule has 8 heteroatoms. The van der Waals surface area contributed by atoms with Crippen LogP contribution in [0.25, 0.3) is 0 Å². The van der Waals surface area contributed by atoms with Gasteiger partial charge in [-0.2, -0.15) is 0 Å². The van der Waals surface area contributed by atoms with E-state index >= 15 is 0 Å². The summed E-state index contributed by atoms with van der Waals surface area (Å²) in [5.41, 5.74) is 0. The molecule has 0 bridgehead atoms. The quantitative estimate of drug-likeness (QED) is 0.740. The minimum atomic E-state index is -2.75. The number of hydrogen-bond donors (Lipinski definition) is 1. The van der Waals surface area contributed by atoms with Gasteiger partial charge in [0, 0.05) is 39.3 Å². The fourth-order valence-corrected chi connectivity index (χ4v) is 3.55. The topological polar surface area (TPSA) is 87.2 Å². The average molecular weight is 352 g/mol. The number of aliphatic carboxylic acids is 1. The Balaban J connectivity index is 0. The van der Waals surface area contributed by atoms with Crippen LogP contribution in [0.15, 0.2) is 0 Å². The van der Waals surface area contributed by atoms with E-state index in [1.165, 1.54) is 0 Å². The third-order valence-electron chi connectivity index (χ3n) is 3.04. The van der Waals surface area contributed by atoms with Crippen LogP contribution in [0, 0.1) is 0 Å². The maximum absolute atomic E-state index is 12.2. The van der Waals surface area contributed by atoms with Crippen molar-refractivity contribution in [3.63, 3.8) is 0 Å². The van der Waals surface area contributed by atoms with E-state index in [1.54, 1.807) is 23.2 Å². The van der Waals surface area contributed by atoms with E-state index in [-0.39, 0.29) is 18.7 Å². The predicted octanol–water partition coefficient (Wildman–Crippen LogP) is 2.91. The molecule has 0 aromatic heterocycles. The lowest BCUT2D eigenvalue weighted by molar-refractivity contribution is -0.141. The largest absolute Gasteiger partial charge is 0.481 e. The first-order valence-corrected chi connectivity index (χ1v) is 10.4. The minimum Gasteiger partial charge on any atom is -0.481 e. The van der Waals surface area contributed by atoms with Gasteiger partial charge in [-0.3, -0.25) is 14.2 Å². The number of carboxylic acids is 1. The second-order valence-corrected chi connectivity index (χ2v) is 6.88. The molecular weight excluding hydrogens is 319 g/mol. The Labute approximate surface area is 140 Å². The highest BCUT2D eigenvalue weighted by molar-refractivity contribution is 7.55. The van der Waals surface area contributed by atoms with E-state index in [9.17, 15) is 14.2 Å². The molecule has 138 valence electrons. The number of carbonyl (C=O) groups excluding carboxylic acids is 1. The summed E-state index contributed by atoms with van der Waals surface area (Å²) in [4.78, 5) is 23.8. The molecule has 7 nitrogen and oxygen atoms in total. The monoisotopic (exact) mass is 352 g/mol. The van der Waals surface area contributed by atoms with E-state index < -0.39 is 13.5 Å². The molecule has 1 atom stereocenters. The number of carbonyl (C=O) groups is 2. The lowest BCUT2D eigenvalue weighted by atomic mass is 10.2. The van der Waals surface area contributed by atoms with E-state index in [2.05, 4.69) is 0 Å². The molecule has 1 heterocycles. The van der Waals surface area contributed by atoms with Gasteiger partial charge in [0.1, 0.15) is 0 Å². The van der Waals surface area contributed by atoms with Gasteiger partial charge in [0.25, 0.3) is 7.52 Å². The van der Waals surface area contributed by atoms with Crippen molar-refractivity contribution in [2.24, 2.45) is 0 Å². The molecule has 0 saturated carbocycles. The second kappa shape index (κ2) is 13.5. The van der Waals surface area contributed by atoms with Crippen LogP contribution in [0.3, 0.4) is 0 Å². The number of piperazine rings is 1. The summed E-state index contributed by atoms with van der Waals surface area (Å²) in [6.07, 6.45) is -0.130. The zero-order chi connectivity index (χ0) is 18.5. The van der Waals surface area contributed by atoms with Crippen LogP contribution in [0.5, 0.6) is 0 Å². The average Bonchev–Trinajstić information content (AvgIpc) is 2.56. The lowest BCUT2D eigenvalue weighted by Crippen LogP contribution is -2.47. The van der Waals surface area contributed by atoms with Crippen molar-refractivity contribution in [1.29, 1.82) is 0 Å². The van der Waals surface area contributed by atoms with Crippen molar-refractivity contribution in [1.82, 2.24) is 9.57 Å². The molecule has 0 aliphatic carbocycles. The molecule has 1 fully saturated rings. The van der Waals surface area contributed by atoms with Crippen LogP contribution in [-0.2, 0) is 18.7 Å². The Morgan fingerprint density at radius 1 is 1.04 bits per heavy atom. The van der Waals surface area contributed by atoms with Gasteiger partial charge < -0.3 is 14.5 Å². The molecular formula is C15H33N2O5P. The molecule has 0 spiro atoms. The van der Waals surface area contributed by atoms with E-state index in [0.717, 1.165) is 0 Å². The molecule has 1 aliphatic heterocycles. The summed E-state index contributed by atoms with van der Waals surface area (Å²) in [7, 11) is -2.75. The normalized spacial score (nSPS) is 17.0. The van der Waals surface area contributed by atoms with Gasteiger partial charge in [-0.05, 0) is 6.92 Å². The van der Waals surface area contributed by atoms with Crippen LogP contribution in [0.4, 0.5) is 0 Å². The van der Waals surface area contributed by atoms with Gasteiger partial charge in [-0.15, -0.1) is 0 Å². The maximum atomic E-state index is 12.2. The summed E-state index contributed by atoms with van der Waals surface area (Å²) in [6.45, 7) is 13.7. The minimum absolute atomic E-state index is 0.0184. The summed E-state index contributed by atoms with van der Waals surface area (Å²) in [5, 5.41) is 8.54. The Hall–Kier alpha value is -0.910. The van der Waals surface area contributed by atoms with E-state index in [1.807, 2.05) is 27.7 Å². The predicted molar refractivity (Wildman–Crippen MR) is 92.9 cm³/mol. The van der Waals surface area contributed by atoms with Gasteiger partial charge in [0.2, 0.25) is 5.91 Å².